The lowest BCUT2D eigenvalue weighted by Crippen LogP contribution is -2.34. The van der Waals surface area contributed by atoms with E-state index in [0.29, 0.717) is 12.0 Å². The molecule has 1 rings (SSSR count). The summed E-state index contributed by atoms with van der Waals surface area (Å²) < 4.78 is 10.6. The first-order valence-corrected chi connectivity index (χ1v) is 5.21. The van der Waals surface area contributed by atoms with Gasteiger partial charge in [0.15, 0.2) is 0 Å². The minimum absolute atomic E-state index is 0.459. The second kappa shape index (κ2) is 6.35. The molecule has 2 unspecified atom stereocenters. The maximum Gasteiger partial charge on any atom is 0.0616 e. The zero-order valence-electron chi connectivity index (χ0n) is 8.71. The van der Waals surface area contributed by atoms with Crippen LogP contribution in [0.3, 0.4) is 0 Å². The average molecular weight is 187 g/mol. The zero-order valence-corrected chi connectivity index (χ0v) is 8.71. The molecule has 2 atom stereocenters. The van der Waals surface area contributed by atoms with Crippen molar-refractivity contribution in [2.45, 2.75) is 26.3 Å². The molecule has 3 nitrogen and oxygen atoms in total. The molecule has 13 heavy (non-hydrogen) atoms. The van der Waals surface area contributed by atoms with Crippen molar-refractivity contribution in [1.82, 2.24) is 5.32 Å². The van der Waals surface area contributed by atoms with E-state index in [0.717, 1.165) is 33.0 Å². The summed E-state index contributed by atoms with van der Waals surface area (Å²) in [6.45, 7) is 8.72. The summed E-state index contributed by atoms with van der Waals surface area (Å²) in [5.41, 5.74) is 0. The van der Waals surface area contributed by atoms with E-state index in [1.807, 2.05) is 6.92 Å². The van der Waals surface area contributed by atoms with E-state index >= 15 is 0 Å². The zero-order chi connectivity index (χ0) is 9.52. The van der Waals surface area contributed by atoms with Crippen LogP contribution in [0.4, 0.5) is 0 Å². The summed E-state index contributed by atoms with van der Waals surface area (Å²) in [6.07, 6.45) is 1.20. The van der Waals surface area contributed by atoms with Gasteiger partial charge in [0, 0.05) is 25.8 Å². The maximum absolute atomic E-state index is 5.32. The SMILES string of the molecule is CCOCC(C)NCC1CCOC1. The first-order chi connectivity index (χ1) is 6.33. The number of hydrogen-bond donors (Lipinski definition) is 1. The van der Waals surface area contributed by atoms with E-state index in [-0.39, 0.29) is 0 Å². The van der Waals surface area contributed by atoms with Crippen molar-refractivity contribution in [2.24, 2.45) is 5.92 Å². The van der Waals surface area contributed by atoms with Gasteiger partial charge in [-0.2, -0.15) is 0 Å². The fourth-order valence-electron chi connectivity index (χ4n) is 1.47. The Kier molecular flexibility index (Phi) is 5.35. The summed E-state index contributed by atoms with van der Waals surface area (Å²) in [4.78, 5) is 0. The van der Waals surface area contributed by atoms with Crippen molar-refractivity contribution < 1.29 is 9.47 Å². The smallest absolute Gasteiger partial charge is 0.0616 e. The van der Waals surface area contributed by atoms with Gasteiger partial charge in [-0.1, -0.05) is 0 Å². The summed E-state index contributed by atoms with van der Waals surface area (Å²) in [7, 11) is 0. The van der Waals surface area contributed by atoms with Crippen LogP contribution in [0.15, 0.2) is 0 Å². The van der Waals surface area contributed by atoms with Crippen LogP contribution < -0.4 is 5.32 Å². The van der Waals surface area contributed by atoms with Crippen molar-refractivity contribution in [3.8, 4) is 0 Å². The Bertz CT molecular complexity index is 124. The molecule has 1 heterocycles. The summed E-state index contributed by atoms with van der Waals surface area (Å²) in [6, 6.07) is 0.459. The fourth-order valence-corrected chi connectivity index (χ4v) is 1.47. The van der Waals surface area contributed by atoms with E-state index in [9.17, 15) is 0 Å². The standard InChI is InChI=1S/C10H21NO2/c1-3-12-7-9(2)11-6-10-4-5-13-8-10/h9-11H,3-8H2,1-2H3. The minimum atomic E-state index is 0.459. The molecule has 0 aromatic carbocycles. The van der Waals surface area contributed by atoms with Crippen molar-refractivity contribution in [3.63, 3.8) is 0 Å². The van der Waals surface area contributed by atoms with E-state index in [1.165, 1.54) is 6.42 Å². The number of hydrogen-bond acceptors (Lipinski definition) is 3. The second-order valence-corrected chi connectivity index (χ2v) is 3.70. The highest BCUT2D eigenvalue weighted by Gasteiger charge is 2.15. The van der Waals surface area contributed by atoms with Crippen molar-refractivity contribution >= 4 is 0 Å². The number of rotatable bonds is 6. The first kappa shape index (κ1) is 11.0. The van der Waals surface area contributed by atoms with Gasteiger partial charge >= 0.3 is 0 Å². The molecule has 0 aromatic rings. The third-order valence-electron chi connectivity index (χ3n) is 2.35. The first-order valence-electron chi connectivity index (χ1n) is 5.21. The van der Waals surface area contributed by atoms with Gasteiger partial charge in [0.05, 0.1) is 13.2 Å². The van der Waals surface area contributed by atoms with Gasteiger partial charge in [0.2, 0.25) is 0 Å². The van der Waals surface area contributed by atoms with Crippen LogP contribution in [-0.2, 0) is 9.47 Å². The van der Waals surface area contributed by atoms with Crippen LogP contribution in [-0.4, -0.2) is 39.0 Å². The second-order valence-electron chi connectivity index (χ2n) is 3.70. The Balaban J connectivity index is 1.97. The molecule has 78 valence electrons. The van der Waals surface area contributed by atoms with Crippen molar-refractivity contribution in [1.29, 1.82) is 0 Å². The third kappa shape index (κ3) is 4.60. The van der Waals surface area contributed by atoms with Crippen molar-refractivity contribution in [2.75, 3.05) is 33.0 Å². The Morgan fingerprint density at radius 3 is 3.08 bits per heavy atom. The number of nitrogens with one attached hydrogen (secondary N) is 1. The van der Waals surface area contributed by atoms with Crippen LogP contribution in [0.5, 0.6) is 0 Å². The van der Waals surface area contributed by atoms with Crippen LogP contribution in [0, 0.1) is 5.92 Å². The monoisotopic (exact) mass is 187 g/mol. The molecule has 0 spiro atoms. The molecule has 1 N–H and O–H groups in total. The highest BCUT2D eigenvalue weighted by molar-refractivity contribution is 4.69. The molecule has 1 saturated heterocycles. The van der Waals surface area contributed by atoms with Gasteiger partial charge in [-0.05, 0) is 26.2 Å². The minimum Gasteiger partial charge on any atom is -0.381 e. The molecule has 0 aliphatic carbocycles. The molecule has 3 heteroatoms. The van der Waals surface area contributed by atoms with Crippen LogP contribution in [0.2, 0.25) is 0 Å². The van der Waals surface area contributed by atoms with E-state index in [1.54, 1.807) is 0 Å². The lowest BCUT2D eigenvalue weighted by Gasteiger charge is -2.15. The van der Waals surface area contributed by atoms with Gasteiger partial charge in [-0.25, -0.2) is 0 Å². The van der Waals surface area contributed by atoms with Gasteiger partial charge in [-0.3, -0.25) is 0 Å². The predicted molar refractivity (Wildman–Crippen MR) is 52.9 cm³/mol. The lowest BCUT2D eigenvalue weighted by atomic mass is 10.1. The van der Waals surface area contributed by atoms with Gasteiger partial charge in [-0.15, -0.1) is 0 Å². The molecule has 0 aromatic heterocycles. The van der Waals surface area contributed by atoms with Crippen LogP contribution >= 0.6 is 0 Å². The highest BCUT2D eigenvalue weighted by Crippen LogP contribution is 2.10. The average Bonchev–Trinajstić information content (AvgIpc) is 2.64. The van der Waals surface area contributed by atoms with Gasteiger partial charge in [0.1, 0.15) is 0 Å². The molecule has 0 radical (unpaired) electrons. The molecular weight excluding hydrogens is 166 g/mol. The largest absolute Gasteiger partial charge is 0.381 e. The third-order valence-corrected chi connectivity index (χ3v) is 2.35. The van der Waals surface area contributed by atoms with E-state index in [4.69, 9.17) is 9.47 Å². The highest BCUT2D eigenvalue weighted by atomic mass is 16.5. The fraction of sp³-hybridized carbons (Fsp3) is 1.00. The lowest BCUT2D eigenvalue weighted by molar-refractivity contribution is 0.125. The summed E-state index contributed by atoms with van der Waals surface area (Å²) in [5, 5.41) is 3.45. The maximum atomic E-state index is 5.32. The van der Waals surface area contributed by atoms with Gasteiger partial charge < -0.3 is 14.8 Å². The summed E-state index contributed by atoms with van der Waals surface area (Å²) >= 11 is 0. The Morgan fingerprint density at radius 2 is 2.46 bits per heavy atom. The predicted octanol–water partition coefficient (Wildman–Crippen LogP) is 1.04. The van der Waals surface area contributed by atoms with E-state index < -0.39 is 0 Å². The molecular formula is C10H21NO2. The molecule has 0 saturated carbocycles. The van der Waals surface area contributed by atoms with Crippen molar-refractivity contribution in [3.05, 3.63) is 0 Å². The molecule has 1 aliphatic heterocycles. The van der Waals surface area contributed by atoms with E-state index in [2.05, 4.69) is 12.2 Å². The van der Waals surface area contributed by atoms with Crippen LogP contribution in [0.1, 0.15) is 20.3 Å². The Morgan fingerprint density at radius 1 is 1.62 bits per heavy atom. The Labute approximate surface area is 80.8 Å². The molecule has 0 bridgehead atoms. The molecule has 0 amide bonds. The molecule has 1 fully saturated rings. The normalized spacial score (nSPS) is 24.9. The molecule has 1 aliphatic rings. The Hall–Kier alpha value is -0.120. The topological polar surface area (TPSA) is 30.5 Å². The van der Waals surface area contributed by atoms with Crippen LogP contribution in [0.25, 0.3) is 0 Å². The number of ether oxygens (including phenoxy) is 2. The quantitative estimate of drug-likeness (QED) is 0.674. The van der Waals surface area contributed by atoms with Gasteiger partial charge in [0.25, 0.3) is 0 Å². The summed E-state index contributed by atoms with van der Waals surface area (Å²) in [5.74, 6) is 0.712.